The van der Waals surface area contributed by atoms with Gasteiger partial charge in [-0.15, -0.1) is 0 Å². The molecule has 3 nitrogen and oxygen atoms in total. The predicted octanol–water partition coefficient (Wildman–Crippen LogP) is 2.67. The number of nitrogens with one attached hydrogen (secondary N) is 1. The van der Waals surface area contributed by atoms with Gasteiger partial charge in [-0.2, -0.15) is 0 Å². The van der Waals surface area contributed by atoms with Crippen molar-refractivity contribution in [1.29, 1.82) is 0 Å². The fourth-order valence-corrected chi connectivity index (χ4v) is 2.39. The van der Waals surface area contributed by atoms with Gasteiger partial charge in [0.05, 0.1) is 0 Å². The summed E-state index contributed by atoms with van der Waals surface area (Å²) in [6.45, 7) is 11.1. The molecule has 1 aliphatic rings. The van der Waals surface area contributed by atoms with E-state index in [1.807, 2.05) is 6.20 Å². The first-order valence-electron chi connectivity index (χ1n) is 7.05. The molecule has 1 fully saturated rings. The molecule has 3 heteroatoms. The summed E-state index contributed by atoms with van der Waals surface area (Å²) in [6, 6.07) is 4.34. The Kier molecular flexibility index (Phi) is 4.59. The van der Waals surface area contributed by atoms with Crippen molar-refractivity contribution >= 4 is 5.82 Å². The van der Waals surface area contributed by atoms with Crippen LogP contribution < -0.4 is 10.2 Å². The minimum Gasteiger partial charge on any atom is -0.356 e. The number of pyridine rings is 1. The lowest BCUT2D eigenvalue weighted by Crippen LogP contribution is -2.22. The zero-order valence-corrected chi connectivity index (χ0v) is 11.8. The molecule has 1 saturated heterocycles. The molecule has 1 aliphatic heterocycles. The fraction of sp³-hybridized carbons (Fsp3) is 0.667. The first kappa shape index (κ1) is 13.3. The molecule has 0 spiro atoms. The lowest BCUT2D eigenvalue weighted by atomic mass is 10.2. The van der Waals surface area contributed by atoms with E-state index in [1.165, 1.54) is 12.0 Å². The number of anilines is 1. The number of aromatic nitrogens is 1. The lowest BCUT2D eigenvalue weighted by molar-refractivity contribution is 0.552. The number of nitrogens with zero attached hydrogens (tertiary/aromatic N) is 2. The summed E-state index contributed by atoms with van der Waals surface area (Å²) < 4.78 is 0. The van der Waals surface area contributed by atoms with Crippen LogP contribution in [0.2, 0.25) is 0 Å². The second kappa shape index (κ2) is 6.19. The Morgan fingerprint density at radius 2 is 2.33 bits per heavy atom. The van der Waals surface area contributed by atoms with Crippen LogP contribution in [0.15, 0.2) is 18.3 Å². The zero-order chi connectivity index (χ0) is 13.0. The summed E-state index contributed by atoms with van der Waals surface area (Å²) in [5.74, 6) is 2.64. The molecule has 0 aliphatic carbocycles. The highest BCUT2D eigenvalue weighted by atomic mass is 15.2. The van der Waals surface area contributed by atoms with Gasteiger partial charge in [-0.3, -0.25) is 0 Å². The fourth-order valence-electron chi connectivity index (χ4n) is 2.39. The summed E-state index contributed by atoms with van der Waals surface area (Å²) >= 11 is 0. The van der Waals surface area contributed by atoms with Crippen LogP contribution in [0.4, 0.5) is 5.82 Å². The van der Waals surface area contributed by atoms with Gasteiger partial charge in [-0.1, -0.05) is 20.8 Å². The van der Waals surface area contributed by atoms with Gasteiger partial charge in [-0.05, 0) is 42.5 Å². The molecule has 1 aromatic heterocycles. The molecular weight excluding hydrogens is 222 g/mol. The molecule has 0 aromatic carbocycles. The average Bonchev–Trinajstić information content (AvgIpc) is 2.76. The molecule has 2 rings (SSSR count). The molecule has 1 atom stereocenters. The smallest absolute Gasteiger partial charge is 0.128 e. The van der Waals surface area contributed by atoms with Crippen LogP contribution >= 0.6 is 0 Å². The highest BCUT2D eigenvalue weighted by Crippen LogP contribution is 2.22. The molecule has 1 N–H and O–H groups in total. The Morgan fingerprint density at radius 3 is 3.00 bits per heavy atom. The largest absolute Gasteiger partial charge is 0.356 e. The minimum absolute atomic E-state index is 0.700. The predicted molar refractivity (Wildman–Crippen MR) is 76.8 cm³/mol. The van der Waals surface area contributed by atoms with Gasteiger partial charge < -0.3 is 10.2 Å². The van der Waals surface area contributed by atoms with Crippen molar-refractivity contribution in [1.82, 2.24) is 10.3 Å². The van der Waals surface area contributed by atoms with E-state index in [0.29, 0.717) is 5.92 Å². The highest BCUT2D eigenvalue weighted by Gasteiger charge is 2.19. The van der Waals surface area contributed by atoms with Crippen molar-refractivity contribution in [3.05, 3.63) is 23.9 Å². The zero-order valence-electron chi connectivity index (χ0n) is 11.8. The van der Waals surface area contributed by atoms with E-state index in [1.54, 1.807) is 0 Å². The normalized spacial score (nSPS) is 19.8. The maximum absolute atomic E-state index is 4.50. The number of hydrogen-bond acceptors (Lipinski definition) is 3. The topological polar surface area (TPSA) is 28.2 Å². The molecule has 2 heterocycles. The van der Waals surface area contributed by atoms with E-state index in [-0.39, 0.29) is 0 Å². The van der Waals surface area contributed by atoms with E-state index in [0.717, 1.165) is 37.9 Å². The van der Waals surface area contributed by atoms with E-state index in [9.17, 15) is 0 Å². The molecule has 0 radical (unpaired) electrons. The quantitative estimate of drug-likeness (QED) is 0.867. The third-order valence-corrected chi connectivity index (χ3v) is 3.44. The van der Waals surface area contributed by atoms with Gasteiger partial charge in [0.2, 0.25) is 0 Å². The van der Waals surface area contributed by atoms with Gasteiger partial charge in [0.1, 0.15) is 5.82 Å². The Bertz CT molecular complexity index is 376. The number of hydrogen-bond donors (Lipinski definition) is 1. The van der Waals surface area contributed by atoms with Gasteiger partial charge in [0, 0.05) is 25.8 Å². The molecule has 1 aromatic rings. The van der Waals surface area contributed by atoms with Crippen LogP contribution in [0.3, 0.4) is 0 Å². The number of rotatable bonds is 5. The van der Waals surface area contributed by atoms with Crippen LogP contribution in [0.25, 0.3) is 0 Å². The molecular formula is C15H25N3. The summed E-state index contributed by atoms with van der Waals surface area (Å²) in [6.07, 6.45) is 3.22. The second-order valence-electron chi connectivity index (χ2n) is 5.89. The van der Waals surface area contributed by atoms with Crippen molar-refractivity contribution in [3.8, 4) is 0 Å². The molecule has 0 saturated carbocycles. The third kappa shape index (κ3) is 3.70. The van der Waals surface area contributed by atoms with Crippen LogP contribution in [-0.4, -0.2) is 24.6 Å². The van der Waals surface area contributed by atoms with Crippen LogP contribution in [0.1, 0.15) is 32.8 Å². The Balaban J connectivity index is 1.92. The Morgan fingerprint density at radius 1 is 1.50 bits per heavy atom. The van der Waals surface area contributed by atoms with Crippen molar-refractivity contribution in [2.45, 2.75) is 33.7 Å². The Hall–Kier alpha value is -1.09. The molecule has 18 heavy (non-hydrogen) atoms. The monoisotopic (exact) mass is 247 g/mol. The van der Waals surface area contributed by atoms with E-state index in [4.69, 9.17) is 0 Å². The average molecular weight is 247 g/mol. The SMILES string of the molecule is CC(C)CNCc1ccnc(N2CCC(C)C2)c1. The van der Waals surface area contributed by atoms with Crippen molar-refractivity contribution in [2.24, 2.45) is 11.8 Å². The maximum atomic E-state index is 4.50. The van der Waals surface area contributed by atoms with Gasteiger partial charge >= 0.3 is 0 Å². The molecule has 0 amide bonds. The first-order chi connectivity index (χ1) is 8.65. The van der Waals surface area contributed by atoms with E-state index in [2.05, 4.69) is 48.1 Å². The third-order valence-electron chi connectivity index (χ3n) is 3.44. The lowest BCUT2D eigenvalue weighted by Gasteiger charge is -2.17. The van der Waals surface area contributed by atoms with Crippen molar-refractivity contribution in [2.75, 3.05) is 24.5 Å². The van der Waals surface area contributed by atoms with E-state index >= 15 is 0 Å². The van der Waals surface area contributed by atoms with Gasteiger partial charge in [0.15, 0.2) is 0 Å². The molecule has 1 unspecified atom stereocenters. The second-order valence-corrected chi connectivity index (χ2v) is 5.89. The van der Waals surface area contributed by atoms with Crippen LogP contribution in [-0.2, 0) is 6.54 Å². The van der Waals surface area contributed by atoms with Crippen LogP contribution in [0.5, 0.6) is 0 Å². The summed E-state index contributed by atoms with van der Waals surface area (Å²) in [4.78, 5) is 6.90. The summed E-state index contributed by atoms with van der Waals surface area (Å²) in [5, 5.41) is 3.48. The highest BCUT2D eigenvalue weighted by molar-refractivity contribution is 5.42. The minimum atomic E-state index is 0.700. The first-order valence-corrected chi connectivity index (χ1v) is 7.05. The molecule has 100 valence electrons. The van der Waals surface area contributed by atoms with E-state index < -0.39 is 0 Å². The summed E-state index contributed by atoms with van der Waals surface area (Å²) in [5.41, 5.74) is 1.33. The van der Waals surface area contributed by atoms with Crippen molar-refractivity contribution in [3.63, 3.8) is 0 Å². The van der Waals surface area contributed by atoms with Crippen molar-refractivity contribution < 1.29 is 0 Å². The van der Waals surface area contributed by atoms with Gasteiger partial charge in [-0.25, -0.2) is 4.98 Å². The standard InChI is InChI=1S/C15H25N3/c1-12(2)9-16-10-14-4-6-17-15(8-14)18-7-5-13(3)11-18/h4,6,8,12-13,16H,5,7,9-11H2,1-3H3. The molecule has 0 bridgehead atoms. The summed E-state index contributed by atoms with van der Waals surface area (Å²) in [7, 11) is 0. The Labute approximate surface area is 111 Å². The van der Waals surface area contributed by atoms with Crippen LogP contribution in [0, 0.1) is 11.8 Å². The van der Waals surface area contributed by atoms with Gasteiger partial charge in [0.25, 0.3) is 0 Å². The maximum Gasteiger partial charge on any atom is 0.128 e.